The Labute approximate surface area is 249 Å². The van der Waals surface area contributed by atoms with Gasteiger partial charge in [-0.3, -0.25) is 0 Å². The van der Waals surface area contributed by atoms with E-state index in [9.17, 15) is 0 Å². The monoisotopic (exact) mass is 584 g/mol. The van der Waals surface area contributed by atoms with Crippen LogP contribution in [0.1, 0.15) is 47.9 Å². The van der Waals surface area contributed by atoms with Gasteiger partial charge in [0.25, 0.3) is 0 Å². The van der Waals surface area contributed by atoms with Crippen LogP contribution in [0.2, 0.25) is 0 Å². The minimum atomic E-state index is -0.350. The molecule has 0 saturated heterocycles. The molecule has 0 fully saturated rings. The maximum atomic E-state index is 3.43. The smallest absolute Gasteiger partial charge is 0.0409 e. The van der Waals surface area contributed by atoms with Crippen molar-refractivity contribution in [3.63, 3.8) is 0 Å². The molecule has 0 nitrogen and oxygen atoms in total. The summed E-state index contributed by atoms with van der Waals surface area (Å²) in [7, 11) is 4.96. The van der Waals surface area contributed by atoms with Crippen molar-refractivity contribution in [3.05, 3.63) is 167 Å². The van der Waals surface area contributed by atoms with Gasteiger partial charge >= 0.3 is 0 Å². The molecule has 0 spiro atoms. The molecule has 4 unspecified atom stereocenters. The van der Waals surface area contributed by atoms with E-state index in [0.29, 0.717) is 0 Å². The number of hydrogen-bond donors (Lipinski definition) is 0. The first-order valence-corrected chi connectivity index (χ1v) is 17.2. The first kappa shape index (κ1) is 26.7. The fourth-order valence-corrected chi connectivity index (χ4v) is 9.76. The molecular formula is C38H35P3. The molecule has 0 N–H and O–H groups in total. The van der Waals surface area contributed by atoms with E-state index >= 15 is 0 Å². The van der Waals surface area contributed by atoms with Crippen LogP contribution in [0.5, 0.6) is 0 Å². The minimum Gasteiger partial charge on any atom is -0.132 e. The van der Waals surface area contributed by atoms with E-state index in [4.69, 9.17) is 0 Å². The third-order valence-corrected chi connectivity index (χ3v) is 12.8. The summed E-state index contributed by atoms with van der Waals surface area (Å²) in [4.78, 5) is 0. The fourth-order valence-electron chi connectivity index (χ4n) is 7.22. The second kappa shape index (κ2) is 10.9. The lowest BCUT2D eigenvalue weighted by atomic mass is 9.56. The number of allylic oxidation sites excluding steroid dienone is 4. The van der Waals surface area contributed by atoms with Gasteiger partial charge < -0.3 is 0 Å². The van der Waals surface area contributed by atoms with E-state index in [1.54, 1.807) is 0 Å². The number of hydrogen-bond acceptors (Lipinski definition) is 0. The zero-order valence-corrected chi connectivity index (χ0v) is 26.5. The second-order valence-electron chi connectivity index (χ2n) is 11.7. The predicted octanol–water partition coefficient (Wildman–Crippen LogP) is 11.3. The van der Waals surface area contributed by atoms with Gasteiger partial charge in [0.15, 0.2) is 0 Å². The molecule has 4 atom stereocenters. The highest BCUT2D eigenvalue weighted by atomic mass is 31.0. The molecule has 4 aromatic carbocycles. The molecule has 2 aromatic heterocycles. The lowest BCUT2D eigenvalue weighted by Crippen LogP contribution is -2.45. The molecule has 202 valence electrons. The van der Waals surface area contributed by atoms with Crippen molar-refractivity contribution in [1.29, 1.82) is 0 Å². The van der Waals surface area contributed by atoms with Gasteiger partial charge in [-0.15, -0.1) is 25.6 Å². The maximum absolute atomic E-state index is 3.43. The quantitative estimate of drug-likeness (QED) is 0.156. The van der Waals surface area contributed by atoms with Crippen molar-refractivity contribution in [1.82, 2.24) is 0 Å². The Kier molecular flexibility index (Phi) is 7.13. The molecule has 0 radical (unpaired) electrons. The largest absolute Gasteiger partial charge is 0.132 e. The molecule has 1 aliphatic rings. The summed E-state index contributed by atoms with van der Waals surface area (Å²) < 4.78 is 0. The Hall–Kier alpha value is -3.13. The van der Waals surface area contributed by atoms with Crippen LogP contribution in [0.15, 0.2) is 145 Å². The zero-order valence-electron chi connectivity index (χ0n) is 23.3. The molecule has 0 amide bonds. The van der Waals surface area contributed by atoms with Gasteiger partial charge in [-0.1, -0.05) is 140 Å². The van der Waals surface area contributed by atoms with Gasteiger partial charge in [-0.25, -0.2) is 0 Å². The van der Waals surface area contributed by atoms with Gasteiger partial charge in [0.2, 0.25) is 0 Å². The van der Waals surface area contributed by atoms with Crippen molar-refractivity contribution in [2.45, 2.75) is 30.8 Å². The summed E-state index contributed by atoms with van der Waals surface area (Å²) in [6.45, 7) is 2.56. The molecule has 2 heterocycles. The molecule has 7 rings (SSSR count). The van der Waals surface area contributed by atoms with Crippen molar-refractivity contribution >= 4 is 46.6 Å². The molecular weight excluding hydrogens is 549 g/mol. The summed E-state index contributed by atoms with van der Waals surface area (Å²) in [6, 6.07) is 41.6. The molecule has 3 heteroatoms. The van der Waals surface area contributed by atoms with E-state index < -0.39 is 0 Å². The van der Waals surface area contributed by atoms with E-state index in [2.05, 4.69) is 155 Å². The molecule has 6 aromatic rings. The summed E-state index contributed by atoms with van der Waals surface area (Å²) in [5.74, 6) is 4.81. The van der Waals surface area contributed by atoms with Gasteiger partial charge in [0.05, 0.1) is 0 Å². The minimum absolute atomic E-state index is 0.159. The van der Waals surface area contributed by atoms with E-state index in [0.717, 1.165) is 29.2 Å². The Balaban J connectivity index is 1.55. The van der Waals surface area contributed by atoms with Crippen molar-refractivity contribution < 1.29 is 0 Å². The second-order valence-corrected chi connectivity index (χ2v) is 14.9. The van der Waals surface area contributed by atoms with E-state index in [1.807, 2.05) is 0 Å². The van der Waals surface area contributed by atoms with Crippen LogP contribution in [0.3, 0.4) is 0 Å². The number of benzene rings is 4. The molecule has 0 aliphatic heterocycles. The topological polar surface area (TPSA) is 0 Å². The zero-order chi connectivity index (χ0) is 27.9. The maximum Gasteiger partial charge on any atom is 0.0409 e. The third kappa shape index (κ3) is 4.68. The van der Waals surface area contributed by atoms with Crippen LogP contribution in [-0.4, -0.2) is 0 Å². The van der Waals surface area contributed by atoms with E-state index in [1.165, 1.54) is 48.8 Å². The Morgan fingerprint density at radius 1 is 0.707 bits per heavy atom. The van der Waals surface area contributed by atoms with Crippen molar-refractivity contribution in [2.75, 3.05) is 0 Å². The number of fused-ring (bicyclic) bond motifs is 2. The van der Waals surface area contributed by atoms with Crippen molar-refractivity contribution in [3.8, 4) is 0 Å². The van der Waals surface area contributed by atoms with Crippen LogP contribution < -0.4 is 0 Å². The summed E-state index contributed by atoms with van der Waals surface area (Å²) in [6.07, 6.45) is 8.91. The average molecular weight is 585 g/mol. The summed E-state index contributed by atoms with van der Waals surface area (Å²) in [5, 5.41) is 5.32. The van der Waals surface area contributed by atoms with Gasteiger partial charge in [0, 0.05) is 11.1 Å². The first-order chi connectivity index (χ1) is 20.1. The summed E-state index contributed by atoms with van der Waals surface area (Å²) in [5.41, 5.74) is 6.74. The Morgan fingerprint density at radius 3 is 1.73 bits per heavy atom. The van der Waals surface area contributed by atoms with Crippen LogP contribution in [0.25, 0.3) is 21.0 Å². The fraction of sp³-hybridized carbons (Fsp3) is 0.158. The molecule has 1 aliphatic carbocycles. The Morgan fingerprint density at radius 2 is 1.24 bits per heavy atom. The van der Waals surface area contributed by atoms with Crippen LogP contribution in [-0.2, 0) is 5.16 Å². The standard InChI is InChI=1S/C38H35P3/c1-37(26-27-10-8-9-11-27,38(39,32-12-4-2-5-13-32)33-14-6-3-7-15-33)36(30-16-18-34-28(24-30)20-22-40-34)31-17-19-35-29(25-31)21-23-41-35/h2-10,12-25,36,40-41H,11,26,39H2,1H3. The molecule has 41 heavy (non-hydrogen) atoms. The lowest BCUT2D eigenvalue weighted by molar-refractivity contribution is 0.213. The van der Waals surface area contributed by atoms with Crippen LogP contribution >= 0.6 is 25.6 Å². The van der Waals surface area contributed by atoms with Gasteiger partial charge in [-0.05, 0) is 73.1 Å². The van der Waals surface area contributed by atoms with Gasteiger partial charge in [0.1, 0.15) is 0 Å². The highest BCUT2D eigenvalue weighted by molar-refractivity contribution is 7.36. The third-order valence-electron chi connectivity index (χ3n) is 9.26. The van der Waals surface area contributed by atoms with Crippen LogP contribution in [0, 0.1) is 5.41 Å². The molecule has 0 bridgehead atoms. The lowest BCUT2D eigenvalue weighted by Gasteiger charge is -2.53. The van der Waals surface area contributed by atoms with Crippen LogP contribution in [0.4, 0.5) is 0 Å². The highest BCUT2D eigenvalue weighted by Gasteiger charge is 2.53. The normalized spacial score (nSPS) is 16.1. The summed E-state index contributed by atoms with van der Waals surface area (Å²) >= 11 is 0. The van der Waals surface area contributed by atoms with E-state index in [-0.39, 0.29) is 16.5 Å². The Bertz CT molecular complexity index is 1760. The van der Waals surface area contributed by atoms with Gasteiger partial charge in [-0.2, -0.15) is 0 Å². The first-order valence-electron chi connectivity index (χ1n) is 14.4. The predicted molar refractivity (Wildman–Crippen MR) is 187 cm³/mol. The SMILES string of the molecule is CC(CC1=CC=CC1)(C(c1ccc2[pH]ccc2c1)c1ccc2[pH]ccc2c1)C(P)(c1ccccc1)c1ccccc1. The van der Waals surface area contributed by atoms with Crippen molar-refractivity contribution in [2.24, 2.45) is 5.41 Å². The highest BCUT2D eigenvalue weighted by Crippen LogP contribution is 2.63. The average Bonchev–Trinajstić information content (AvgIpc) is 3.80. The molecule has 0 saturated carbocycles. The number of rotatable bonds is 8.